The fourth-order valence-electron chi connectivity index (χ4n) is 1.98. The lowest BCUT2D eigenvalue weighted by atomic mass is 10.0. The second-order valence-corrected chi connectivity index (χ2v) is 5.27. The topological polar surface area (TPSA) is 51.2 Å². The Morgan fingerprint density at radius 1 is 1.37 bits per heavy atom. The van der Waals surface area contributed by atoms with E-state index in [9.17, 15) is 4.39 Å². The zero-order valence-electron chi connectivity index (χ0n) is 10.6. The average Bonchev–Trinajstić information content (AvgIpc) is 2.83. The Balaban J connectivity index is 2.18. The van der Waals surface area contributed by atoms with Crippen LogP contribution in [0.4, 0.5) is 4.39 Å². The molecule has 2 rings (SSSR count). The van der Waals surface area contributed by atoms with Crippen molar-refractivity contribution in [3.63, 3.8) is 0 Å². The molecule has 102 valence electrons. The number of nitrogens with one attached hydrogen (secondary N) is 1. The molecule has 0 aliphatic carbocycles. The van der Waals surface area contributed by atoms with Gasteiger partial charge in [-0.25, -0.2) is 9.82 Å². The van der Waals surface area contributed by atoms with E-state index in [1.54, 1.807) is 0 Å². The Bertz CT molecular complexity index is 536. The van der Waals surface area contributed by atoms with E-state index in [1.165, 1.54) is 12.1 Å². The molecule has 3 nitrogen and oxygen atoms in total. The molecule has 19 heavy (non-hydrogen) atoms. The van der Waals surface area contributed by atoms with Gasteiger partial charge >= 0.3 is 0 Å². The molecule has 0 aliphatic rings. The third kappa shape index (κ3) is 3.65. The van der Waals surface area contributed by atoms with E-state index in [0.29, 0.717) is 10.9 Å². The summed E-state index contributed by atoms with van der Waals surface area (Å²) >= 11 is 3.28. The van der Waals surface area contributed by atoms with Gasteiger partial charge in [-0.1, -0.05) is 22.9 Å². The summed E-state index contributed by atoms with van der Waals surface area (Å²) in [6, 6.07) is 8.46. The van der Waals surface area contributed by atoms with Crippen LogP contribution < -0.4 is 11.3 Å². The zero-order chi connectivity index (χ0) is 13.8. The van der Waals surface area contributed by atoms with Crippen molar-refractivity contribution in [3.05, 3.63) is 57.7 Å². The molecule has 1 aromatic carbocycles. The highest BCUT2D eigenvalue weighted by Gasteiger charge is 2.15. The van der Waals surface area contributed by atoms with E-state index in [4.69, 9.17) is 10.3 Å². The van der Waals surface area contributed by atoms with Crippen molar-refractivity contribution in [3.8, 4) is 0 Å². The summed E-state index contributed by atoms with van der Waals surface area (Å²) in [5.41, 5.74) is 3.56. The van der Waals surface area contributed by atoms with Gasteiger partial charge in [0.05, 0.1) is 6.04 Å². The molecule has 1 unspecified atom stereocenters. The minimum Gasteiger partial charge on any atom is -0.464 e. The van der Waals surface area contributed by atoms with Gasteiger partial charge < -0.3 is 4.42 Å². The largest absolute Gasteiger partial charge is 0.464 e. The summed E-state index contributed by atoms with van der Waals surface area (Å²) in [6.45, 7) is 2.02. The number of halogens is 2. The summed E-state index contributed by atoms with van der Waals surface area (Å²) in [7, 11) is 0. The van der Waals surface area contributed by atoms with Crippen molar-refractivity contribution in [2.75, 3.05) is 0 Å². The molecule has 0 fully saturated rings. The fraction of sp³-hybridized carbons (Fsp3) is 0.286. The number of hydrazine groups is 1. The fourth-order valence-corrected chi connectivity index (χ4v) is 2.49. The van der Waals surface area contributed by atoms with Crippen LogP contribution in [0.1, 0.15) is 30.0 Å². The molecular weight excluding hydrogens is 311 g/mol. The quantitative estimate of drug-likeness (QED) is 0.653. The monoisotopic (exact) mass is 326 g/mol. The molecule has 5 heteroatoms. The van der Waals surface area contributed by atoms with Gasteiger partial charge in [0.25, 0.3) is 0 Å². The summed E-state index contributed by atoms with van der Waals surface area (Å²) in [5, 5.41) is 0. The van der Waals surface area contributed by atoms with Crippen LogP contribution in [0.2, 0.25) is 0 Å². The van der Waals surface area contributed by atoms with Gasteiger partial charge in [-0.2, -0.15) is 0 Å². The second-order valence-electron chi connectivity index (χ2n) is 4.36. The highest BCUT2D eigenvalue weighted by Crippen LogP contribution is 2.23. The third-order valence-corrected chi connectivity index (χ3v) is 3.40. The molecule has 0 bridgehead atoms. The molecule has 0 saturated carbocycles. The SMILES string of the molecule is CCc1ccc(C(Cc2cc(F)cc(Br)c2)NN)o1. The minimum absolute atomic E-state index is 0.172. The van der Waals surface area contributed by atoms with E-state index in [1.807, 2.05) is 25.1 Å². The Labute approximate surface area is 120 Å². The Hall–Kier alpha value is -1.17. The van der Waals surface area contributed by atoms with Crippen molar-refractivity contribution in [2.24, 2.45) is 5.84 Å². The predicted molar refractivity (Wildman–Crippen MR) is 76.0 cm³/mol. The van der Waals surface area contributed by atoms with Gasteiger partial charge in [0.2, 0.25) is 0 Å². The number of aryl methyl sites for hydroxylation is 1. The lowest BCUT2D eigenvalue weighted by molar-refractivity contribution is 0.396. The average molecular weight is 327 g/mol. The normalized spacial score (nSPS) is 12.6. The second kappa shape index (κ2) is 6.32. The van der Waals surface area contributed by atoms with Crippen LogP contribution in [-0.4, -0.2) is 0 Å². The van der Waals surface area contributed by atoms with Crippen LogP contribution in [0.3, 0.4) is 0 Å². The molecule has 0 saturated heterocycles. The van der Waals surface area contributed by atoms with E-state index in [-0.39, 0.29) is 11.9 Å². The smallest absolute Gasteiger partial charge is 0.124 e. The van der Waals surface area contributed by atoms with Crippen molar-refractivity contribution in [1.29, 1.82) is 0 Å². The molecule has 0 aliphatic heterocycles. The van der Waals surface area contributed by atoms with Crippen LogP contribution in [0.15, 0.2) is 39.2 Å². The highest BCUT2D eigenvalue weighted by molar-refractivity contribution is 9.10. The van der Waals surface area contributed by atoms with Gasteiger partial charge in [-0.05, 0) is 42.3 Å². The van der Waals surface area contributed by atoms with E-state index in [2.05, 4.69) is 21.4 Å². The van der Waals surface area contributed by atoms with Crippen molar-refractivity contribution < 1.29 is 8.81 Å². The Kier molecular flexibility index (Phi) is 4.74. The van der Waals surface area contributed by atoms with E-state index in [0.717, 1.165) is 23.5 Å². The molecule has 1 aromatic heterocycles. The molecule has 0 spiro atoms. The Morgan fingerprint density at radius 3 is 2.74 bits per heavy atom. The molecule has 1 heterocycles. The van der Waals surface area contributed by atoms with Gasteiger partial charge in [0.1, 0.15) is 17.3 Å². The van der Waals surface area contributed by atoms with E-state index >= 15 is 0 Å². The summed E-state index contributed by atoms with van der Waals surface area (Å²) < 4.78 is 19.7. The first kappa shape index (κ1) is 14.2. The highest BCUT2D eigenvalue weighted by atomic mass is 79.9. The first-order valence-corrected chi connectivity index (χ1v) is 6.91. The number of rotatable bonds is 5. The first-order valence-electron chi connectivity index (χ1n) is 6.12. The van der Waals surface area contributed by atoms with Crippen LogP contribution in [-0.2, 0) is 12.8 Å². The van der Waals surface area contributed by atoms with Crippen molar-refractivity contribution in [2.45, 2.75) is 25.8 Å². The molecule has 0 amide bonds. The van der Waals surface area contributed by atoms with Crippen molar-refractivity contribution >= 4 is 15.9 Å². The number of nitrogens with two attached hydrogens (primary N) is 1. The maximum absolute atomic E-state index is 13.3. The number of benzene rings is 1. The maximum atomic E-state index is 13.3. The lowest BCUT2D eigenvalue weighted by Gasteiger charge is -2.13. The number of hydrogen-bond donors (Lipinski definition) is 2. The first-order chi connectivity index (χ1) is 9.12. The maximum Gasteiger partial charge on any atom is 0.124 e. The lowest BCUT2D eigenvalue weighted by Crippen LogP contribution is -2.29. The van der Waals surface area contributed by atoms with Gasteiger partial charge in [-0.3, -0.25) is 5.84 Å². The molecular formula is C14H16BrFN2O. The summed E-state index contributed by atoms with van der Waals surface area (Å²) in [5.74, 6) is 6.97. The summed E-state index contributed by atoms with van der Waals surface area (Å²) in [4.78, 5) is 0. The standard InChI is InChI=1S/C14H16BrFN2O/c1-2-12-3-4-14(19-12)13(18-17)7-9-5-10(15)8-11(16)6-9/h3-6,8,13,18H,2,7,17H2,1H3. The number of furan rings is 1. The number of hydrogen-bond acceptors (Lipinski definition) is 3. The Morgan fingerprint density at radius 2 is 2.16 bits per heavy atom. The molecule has 2 aromatic rings. The van der Waals surface area contributed by atoms with Gasteiger partial charge in [0.15, 0.2) is 0 Å². The van der Waals surface area contributed by atoms with Crippen LogP contribution in [0.25, 0.3) is 0 Å². The summed E-state index contributed by atoms with van der Waals surface area (Å²) in [6.07, 6.45) is 1.40. The van der Waals surface area contributed by atoms with Gasteiger partial charge in [-0.15, -0.1) is 0 Å². The van der Waals surface area contributed by atoms with Crippen LogP contribution >= 0.6 is 15.9 Å². The minimum atomic E-state index is -0.270. The molecule has 3 N–H and O–H groups in total. The van der Waals surface area contributed by atoms with Crippen LogP contribution in [0, 0.1) is 5.82 Å². The zero-order valence-corrected chi connectivity index (χ0v) is 12.2. The predicted octanol–water partition coefficient (Wildman–Crippen LogP) is 3.49. The van der Waals surface area contributed by atoms with Crippen molar-refractivity contribution in [1.82, 2.24) is 5.43 Å². The van der Waals surface area contributed by atoms with Gasteiger partial charge in [0, 0.05) is 10.9 Å². The van der Waals surface area contributed by atoms with E-state index < -0.39 is 0 Å². The molecule has 0 radical (unpaired) electrons. The van der Waals surface area contributed by atoms with Crippen LogP contribution in [0.5, 0.6) is 0 Å². The molecule has 1 atom stereocenters. The third-order valence-electron chi connectivity index (χ3n) is 2.94.